The highest BCUT2D eigenvalue weighted by Gasteiger charge is 2.13. The van der Waals surface area contributed by atoms with Crippen molar-refractivity contribution in [3.05, 3.63) is 70.7 Å². The lowest BCUT2D eigenvalue weighted by Crippen LogP contribution is -2.11. The second-order valence-electron chi connectivity index (χ2n) is 6.67. The molecule has 1 aromatic heterocycles. The van der Waals surface area contributed by atoms with Gasteiger partial charge in [0.1, 0.15) is 0 Å². The maximum Gasteiger partial charge on any atom is 0.0518 e. The third-order valence-corrected chi connectivity index (χ3v) is 5.04. The number of aromatic nitrogens is 1. The van der Waals surface area contributed by atoms with Gasteiger partial charge >= 0.3 is 0 Å². The molecule has 0 spiro atoms. The number of fused-ring (bicyclic) bond motifs is 3. The molecule has 4 heteroatoms. The first-order valence-corrected chi connectivity index (χ1v) is 9.24. The van der Waals surface area contributed by atoms with Crippen LogP contribution < -0.4 is 10.6 Å². The first-order chi connectivity index (χ1) is 12.7. The first kappa shape index (κ1) is 17.0. The first-order valence-electron chi connectivity index (χ1n) is 8.87. The van der Waals surface area contributed by atoms with Gasteiger partial charge in [0.05, 0.1) is 5.52 Å². The summed E-state index contributed by atoms with van der Waals surface area (Å²) in [6.45, 7) is 3.02. The van der Waals surface area contributed by atoms with Crippen molar-refractivity contribution in [3.63, 3.8) is 0 Å². The van der Waals surface area contributed by atoms with Crippen molar-refractivity contribution in [2.75, 3.05) is 18.9 Å². The molecule has 0 aliphatic carbocycles. The minimum atomic E-state index is 0.761. The van der Waals surface area contributed by atoms with Gasteiger partial charge in [-0.25, -0.2) is 0 Å². The van der Waals surface area contributed by atoms with Crippen LogP contribution in [-0.2, 0) is 6.42 Å². The van der Waals surface area contributed by atoms with Crippen LogP contribution in [0.15, 0.2) is 54.6 Å². The van der Waals surface area contributed by atoms with E-state index in [1.807, 2.05) is 25.2 Å². The highest BCUT2D eigenvalue weighted by Crippen LogP contribution is 2.34. The Bertz CT molecular complexity index is 1060. The lowest BCUT2D eigenvalue weighted by Gasteiger charge is -2.14. The number of hydrogen-bond acceptors (Lipinski definition) is 2. The fourth-order valence-corrected chi connectivity index (χ4v) is 3.59. The van der Waals surface area contributed by atoms with Crippen LogP contribution in [0.5, 0.6) is 0 Å². The number of hydrogen-bond donors (Lipinski definition) is 3. The number of H-pyrrole nitrogens is 1. The molecule has 0 saturated carbocycles. The van der Waals surface area contributed by atoms with E-state index in [1.54, 1.807) is 0 Å². The van der Waals surface area contributed by atoms with E-state index in [0.29, 0.717) is 0 Å². The maximum atomic E-state index is 6.21. The molecule has 0 fully saturated rings. The second-order valence-corrected chi connectivity index (χ2v) is 7.11. The van der Waals surface area contributed by atoms with Gasteiger partial charge in [-0.15, -0.1) is 0 Å². The molecule has 0 aliphatic rings. The molecule has 3 nitrogen and oxygen atoms in total. The largest absolute Gasteiger partial charge is 0.355 e. The summed E-state index contributed by atoms with van der Waals surface area (Å²) in [4.78, 5) is 3.59. The van der Waals surface area contributed by atoms with Crippen LogP contribution in [0.1, 0.15) is 11.1 Å². The predicted molar refractivity (Wildman–Crippen MR) is 113 cm³/mol. The molecule has 0 aliphatic heterocycles. The molecular formula is C22H22ClN3. The van der Waals surface area contributed by atoms with E-state index in [1.165, 1.54) is 27.4 Å². The van der Waals surface area contributed by atoms with Crippen molar-refractivity contribution < 1.29 is 0 Å². The Hall–Kier alpha value is -2.49. The lowest BCUT2D eigenvalue weighted by atomic mass is 10.0. The number of aromatic amines is 1. The number of nitrogens with one attached hydrogen (secondary N) is 3. The fraction of sp³-hybridized carbons (Fsp3) is 0.182. The molecule has 0 bridgehead atoms. The number of likely N-dealkylation sites (N-methyl/N-ethyl adjacent to an activating group) is 1. The molecule has 4 aromatic rings. The maximum absolute atomic E-state index is 6.21. The van der Waals surface area contributed by atoms with Gasteiger partial charge in [-0.2, -0.15) is 0 Å². The Morgan fingerprint density at radius 2 is 1.77 bits per heavy atom. The average Bonchev–Trinajstić information content (AvgIpc) is 3.00. The number of benzene rings is 3. The van der Waals surface area contributed by atoms with Gasteiger partial charge in [0.25, 0.3) is 0 Å². The fourth-order valence-electron chi connectivity index (χ4n) is 3.42. The lowest BCUT2D eigenvalue weighted by molar-refractivity contribution is 0.795. The van der Waals surface area contributed by atoms with E-state index < -0.39 is 0 Å². The second kappa shape index (κ2) is 7.02. The van der Waals surface area contributed by atoms with Crippen LogP contribution in [0.3, 0.4) is 0 Å². The molecule has 1 heterocycles. The van der Waals surface area contributed by atoms with Crippen molar-refractivity contribution in [1.82, 2.24) is 10.3 Å². The summed E-state index contributed by atoms with van der Waals surface area (Å²) >= 11 is 6.21. The van der Waals surface area contributed by atoms with E-state index in [4.69, 9.17) is 11.6 Å². The zero-order valence-electron chi connectivity index (χ0n) is 15.0. The summed E-state index contributed by atoms with van der Waals surface area (Å²) in [5.74, 6) is 0. The molecule has 3 N–H and O–H groups in total. The van der Waals surface area contributed by atoms with Crippen molar-refractivity contribution in [2.45, 2.75) is 13.3 Å². The SMILES string of the molecule is CNCCc1c(Nc2ccc(C)cc2)ccc2c1[nH]c1ccc(Cl)cc12. The molecule has 3 aromatic carbocycles. The van der Waals surface area contributed by atoms with Gasteiger partial charge in [0.15, 0.2) is 0 Å². The van der Waals surface area contributed by atoms with E-state index in [-0.39, 0.29) is 0 Å². The Morgan fingerprint density at radius 3 is 2.54 bits per heavy atom. The summed E-state index contributed by atoms with van der Waals surface area (Å²) in [6, 6.07) is 18.8. The number of aryl methyl sites for hydroxylation is 1. The van der Waals surface area contributed by atoms with Crippen molar-refractivity contribution in [2.24, 2.45) is 0 Å². The van der Waals surface area contributed by atoms with Crippen LogP contribution >= 0.6 is 11.6 Å². The van der Waals surface area contributed by atoms with Gasteiger partial charge in [0.2, 0.25) is 0 Å². The van der Waals surface area contributed by atoms with Gasteiger partial charge < -0.3 is 15.6 Å². The molecule has 0 saturated heterocycles. The predicted octanol–water partition coefficient (Wildman–Crippen LogP) is 5.79. The van der Waals surface area contributed by atoms with Crippen molar-refractivity contribution in [3.8, 4) is 0 Å². The third kappa shape index (κ3) is 3.16. The van der Waals surface area contributed by atoms with Crippen molar-refractivity contribution >= 4 is 44.8 Å². The molecular weight excluding hydrogens is 342 g/mol. The highest BCUT2D eigenvalue weighted by atomic mass is 35.5. The molecule has 4 rings (SSSR count). The Morgan fingerprint density at radius 1 is 0.962 bits per heavy atom. The average molecular weight is 364 g/mol. The van der Waals surface area contributed by atoms with Gasteiger partial charge in [-0.1, -0.05) is 35.4 Å². The van der Waals surface area contributed by atoms with E-state index >= 15 is 0 Å². The van der Waals surface area contributed by atoms with Gasteiger partial charge in [0, 0.05) is 38.3 Å². The standard InChI is InChI=1S/C22H22ClN3/c1-14-3-6-16(7-4-14)25-20-10-8-17-19-13-15(23)5-9-21(19)26-22(17)18(20)11-12-24-2/h3-10,13,24-26H,11-12H2,1-2H3. The summed E-state index contributed by atoms with van der Waals surface area (Å²) in [6.07, 6.45) is 0.933. The minimum Gasteiger partial charge on any atom is -0.355 e. The van der Waals surface area contributed by atoms with Crippen LogP contribution in [0.2, 0.25) is 5.02 Å². The highest BCUT2D eigenvalue weighted by molar-refractivity contribution is 6.31. The van der Waals surface area contributed by atoms with E-state index in [0.717, 1.165) is 34.9 Å². The van der Waals surface area contributed by atoms with E-state index in [9.17, 15) is 0 Å². The van der Waals surface area contributed by atoms with Crippen LogP contribution in [0.4, 0.5) is 11.4 Å². The molecule has 0 atom stereocenters. The van der Waals surface area contributed by atoms with Crippen molar-refractivity contribution in [1.29, 1.82) is 0 Å². The number of anilines is 2. The molecule has 26 heavy (non-hydrogen) atoms. The third-order valence-electron chi connectivity index (χ3n) is 4.80. The summed E-state index contributed by atoms with van der Waals surface area (Å²) in [5, 5.41) is 9.98. The number of rotatable bonds is 5. The van der Waals surface area contributed by atoms with E-state index in [2.05, 4.69) is 58.9 Å². The van der Waals surface area contributed by atoms with Crippen LogP contribution in [-0.4, -0.2) is 18.6 Å². The van der Waals surface area contributed by atoms with Gasteiger partial charge in [-0.3, -0.25) is 0 Å². The van der Waals surface area contributed by atoms with Gasteiger partial charge in [-0.05, 0) is 63.3 Å². The quantitative estimate of drug-likeness (QED) is 0.420. The normalized spacial score (nSPS) is 11.3. The minimum absolute atomic E-state index is 0.761. The summed E-state index contributed by atoms with van der Waals surface area (Å²) < 4.78 is 0. The monoisotopic (exact) mass is 363 g/mol. The Kier molecular flexibility index (Phi) is 4.58. The Balaban J connectivity index is 1.86. The Labute approximate surface area is 158 Å². The summed E-state index contributed by atoms with van der Waals surface area (Å²) in [5.41, 5.74) is 7.06. The summed E-state index contributed by atoms with van der Waals surface area (Å²) in [7, 11) is 1.98. The molecule has 132 valence electrons. The topological polar surface area (TPSA) is 39.8 Å². The zero-order chi connectivity index (χ0) is 18.1. The smallest absolute Gasteiger partial charge is 0.0518 e. The zero-order valence-corrected chi connectivity index (χ0v) is 15.7. The number of halogens is 1. The van der Waals surface area contributed by atoms with Crippen LogP contribution in [0, 0.1) is 6.92 Å². The molecule has 0 radical (unpaired) electrons. The molecule has 0 unspecified atom stereocenters. The van der Waals surface area contributed by atoms with Crippen LogP contribution in [0.25, 0.3) is 21.8 Å². The molecule has 0 amide bonds.